The average molecular weight is 287 g/mol. The van der Waals surface area contributed by atoms with Crippen molar-refractivity contribution in [2.75, 3.05) is 37.6 Å². The zero-order chi connectivity index (χ0) is 15.2. The summed E-state index contributed by atoms with van der Waals surface area (Å²) >= 11 is 0. The first kappa shape index (κ1) is 15.6. The number of carbonyl (C=O) groups is 1. The van der Waals surface area contributed by atoms with Crippen molar-refractivity contribution in [3.63, 3.8) is 0 Å². The highest BCUT2D eigenvalue weighted by atomic mass is 16.2. The van der Waals surface area contributed by atoms with Gasteiger partial charge in [0.25, 0.3) is 0 Å². The number of amides is 1. The minimum absolute atomic E-state index is 0.0797. The van der Waals surface area contributed by atoms with E-state index < -0.39 is 0 Å². The Morgan fingerprint density at radius 2 is 2.00 bits per heavy atom. The van der Waals surface area contributed by atoms with Crippen molar-refractivity contribution in [3.05, 3.63) is 42.5 Å². The molecule has 4 heteroatoms. The van der Waals surface area contributed by atoms with Crippen LogP contribution >= 0.6 is 0 Å². The fraction of sp³-hybridized carbons (Fsp3) is 0.471. The molecule has 1 aliphatic rings. The van der Waals surface area contributed by atoms with Gasteiger partial charge in [-0.3, -0.25) is 9.69 Å². The molecule has 1 aliphatic heterocycles. The minimum Gasteiger partial charge on any atom is -0.369 e. The lowest BCUT2D eigenvalue weighted by Crippen LogP contribution is -2.54. The Hall–Kier alpha value is -1.81. The highest BCUT2D eigenvalue weighted by Crippen LogP contribution is 2.21. The van der Waals surface area contributed by atoms with E-state index in [-0.39, 0.29) is 11.9 Å². The molecule has 1 amide bonds. The maximum Gasteiger partial charge on any atom is 0.237 e. The number of piperazine rings is 1. The smallest absolute Gasteiger partial charge is 0.237 e. The van der Waals surface area contributed by atoms with Crippen LogP contribution in [0.15, 0.2) is 36.9 Å². The Labute approximate surface area is 127 Å². The van der Waals surface area contributed by atoms with Crippen molar-refractivity contribution in [3.8, 4) is 0 Å². The molecule has 1 aromatic rings. The Balaban J connectivity index is 1.90. The third-order valence-electron chi connectivity index (χ3n) is 4.12. The Kier molecular flexibility index (Phi) is 5.39. The third kappa shape index (κ3) is 3.85. The number of benzene rings is 1. The van der Waals surface area contributed by atoms with Crippen LogP contribution in [0.1, 0.15) is 12.5 Å². The average Bonchev–Trinajstić information content (AvgIpc) is 2.52. The number of aryl methyl sites for hydroxylation is 1. The van der Waals surface area contributed by atoms with Crippen LogP contribution in [0.2, 0.25) is 0 Å². The molecule has 0 saturated carbocycles. The molecule has 114 valence electrons. The lowest BCUT2D eigenvalue weighted by molar-refractivity contribution is -0.125. The predicted octanol–water partition coefficient (Wildman–Crippen LogP) is 1.81. The monoisotopic (exact) mass is 287 g/mol. The summed E-state index contributed by atoms with van der Waals surface area (Å²) in [5, 5.41) is 2.87. The SMILES string of the molecule is C=CCNC(=O)[C@H](C)N1CCN(c2ccccc2C)CC1. The number of nitrogens with zero attached hydrogens (tertiary/aromatic N) is 2. The van der Waals surface area contributed by atoms with E-state index in [4.69, 9.17) is 0 Å². The van der Waals surface area contributed by atoms with Gasteiger partial charge < -0.3 is 10.2 Å². The maximum atomic E-state index is 12.0. The van der Waals surface area contributed by atoms with E-state index in [0.717, 1.165) is 26.2 Å². The minimum atomic E-state index is -0.0797. The van der Waals surface area contributed by atoms with E-state index in [1.807, 2.05) is 6.92 Å². The van der Waals surface area contributed by atoms with Crippen LogP contribution in [0, 0.1) is 6.92 Å². The lowest BCUT2D eigenvalue weighted by atomic mass is 10.1. The molecule has 0 unspecified atom stereocenters. The van der Waals surface area contributed by atoms with Crippen LogP contribution in [0.3, 0.4) is 0 Å². The topological polar surface area (TPSA) is 35.6 Å². The second-order valence-corrected chi connectivity index (χ2v) is 5.52. The van der Waals surface area contributed by atoms with Crippen LogP contribution in [-0.4, -0.2) is 49.6 Å². The van der Waals surface area contributed by atoms with Gasteiger partial charge in [0.05, 0.1) is 6.04 Å². The molecule has 1 heterocycles. The van der Waals surface area contributed by atoms with Crippen molar-refractivity contribution >= 4 is 11.6 Å². The van der Waals surface area contributed by atoms with Gasteiger partial charge in [-0.05, 0) is 25.5 Å². The summed E-state index contributed by atoms with van der Waals surface area (Å²) in [6.07, 6.45) is 1.71. The van der Waals surface area contributed by atoms with Crippen LogP contribution in [-0.2, 0) is 4.79 Å². The molecule has 1 aromatic carbocycles. The van der Waals surface area contributed by atoms with E-state index >= 15 is 0 Å². The fourth-order valence-electron chi connectivity index (χ4n) is 2.75. The number of hydrogen-bond acceptors (Lipinski definition) is 3. The Morgan fingerprint density at radius 1 is 1.33 bits per heavy atom. The van der Waals surface area contributed by atoms with Gasteiger partial charge in [-0.25, -0.2) is 0 Å². The maximum absolute atomic E-state index is 12.0. The van der Waals surface area contributed by atoms with Crippen LogP contribution in [0.25, 0.3) is 0 Å². The largest absolute Gasteiger partial charge is 0.369 e. The standard InChI is InChI=1S/C17H25N3O/c1-4-9-18-17(21)15(3)19-10-12-20(13-11-19)16-8-6-5-7-14(16)2/h4-8,15H,1,9-13H2,2-3H3,(H,18,21)/t15-/m0/s1. The summed E-state index contributed by atoms with van der Waals surface area (Å²) in [5.41, 5.74) is 2.61. The van der Waals surface area contributed by atoms with Crippen LogP contribution in [0.5, 0.6) is 0 Å². The van der Waals surface area contributed by atoms with Crippen molar-refractivity contribution in [1.82, 2.24) is 10.2 Å². The number of anilines is 1. The summed E-state index contributed by atoms with van der Waals surface area (Å²) in [4.78, 5) is 16.6. The quantitative estimate of drug-likeness (QED) is 0.839. The molecule has 1 N–H and O–H groups in total. The molecule has 21 heavy (non-hydrogen) atoms. The van der Waals surface area contributed by atoms with Gasteiger partial charge in [0.15, 0.2) is 0 Å². The van der Waals surface area contributed by atoms with E-state index in [1.165, 1.54) is 11.3 Å². The van der Waals surface area contributed by atoms with E-state index in [1.54, 1.807) is 6.08 Å². The molecule has 0 aromatic heterocycles. The first-order valence-corrected chi connectivity index (χ1v) is 7.56. The van der Waals surface area contributed by atoms with Gasteiger partial charge in [-0.15, -0.1) is 6.58 Å². The predicted molar refractivity (Wildman–Crippen MR) is 87.6 cm³/mol. The van der Waals surface area contributed by atoms with E-state index in [2.05, 4.69) is 52.9 Å². The summed E-state index contributed by atoms with van der Waals surface area (Å²) in [6.45, 7) is 12.0. The van der Waals surface area contributed by atoms with Crippen LogP contribution in [0.4, 0.5) is 5.69 Å². The second kappa shape index (κ2) is 7.27. The highest BCUT2D eigenvalue weighted by Gasteiger charge is 2.25. The van der Waals surface area contributed by atoms with Crippen molar-refractivity contribution in [1.29, 1.82) is 0 Å². The highest BCUT2D eigenvalue weighted by molar-refractivity contribution is 5.81. The van der Waals surface area contributed by atoms with Gasteiger partial charge in [0.1, 0.15) is 0 Å². The first-order valence-electron chi connectivity index (χ1n) is 7.56. The van der Waals surface area contributed by atoms with Gasteiger partial charge in [0.2, 0.25) is 5.91 Å². The van der Waals surface area contributed by atoms with E-state index in [9.17, 15) is 4.79 Å². The number of hydrogen-bond donors (Lipinski definition) is 1. The lowest BCUT2D eigenvalue weighted by Gasteiger charge is -2.39. The van der Waals surface area contributed by atoms with Crippen LogP contribution < -0.4 is 10.2 Å². The zero-order valence-electron chi connectivity index (χ0n) is 13.0. The zero-order valence-corrected chi connectivity index (χ0v) is 13.0. The molecule has 2 rings (SSSR count). The van der Waals surface area contributed by atoms with Gasteiger partial charge in [-0.1, -0.05) is 24.3 Å². The molecule has 4 nitrogen and oxygen atoms in total. The second-order valence-electron chi connectivity index (χ2n) is 5.52. The molecule has 0 aliphatic carbocycles. The van der Waals surface area contributed by atoms with Crippen molar-refractivity contribution in [2.24, 2.45) is 0 Å². The van der Waals surface area contributed by atoms with Crippen molar-refractivity contribution in [2.45, 2.75) is 19.9 Å². The summed E-state index contributed by atoms with van der Waals surface area (Å²) in [6, 6.07) is 8.39. The van der Waals surface area contributed by atoms with Gasteiger partial charge >= 0.3 is 0 Å². The number of para-hydroxylation sites is 1. The Morgan fingerprint density at radius 3 is 2.62 bits per heavy atom. The number of carbonyl (C=O) groups excluding carboxylic acids is 1. The molecule has 1 atom stereocenters. The summed E-state index contributed by atoms with van der Waals surface area (Å²) < 4.78 is 0. The van der Waals surface area contributed by atoms with E-state index in [0.29, 0.717) is 6.54 Å². The third-order valence-corrected chi connectivity index (χ3v) is 4.12. The fourth-order valence-corrected chi connectivity index (χ4v) is 2.75. The summed E-state index contributed by atoms with van der Waals surface area (Å²) in [7, 11) is 0. The molecular formula is C17H25N3O. The molecule has 0 bridgehead atoms. The summed E-state index contributed by atoms with van der Waals surface area (Å²) in [5.74, 6) is 0.0826. The van der Waals surface area contributed by atoms with Gasteiger partial charge in [0, 0.05) is 38.4 Å². The molecule has 1 fully saturated rings. The molecule has 0 radical (unpaired) electrons. The van der Waals surface area contributed by atoms with Gasteiger partial charge in [-0.2, -0.15) is 0 Å². The number of rotatable bonds is 5. The number of nitrogens with one attached hydrogen (secondary N) is 1. The van der Waals surface area contributed by atoms with Crippen molar-refractivity contribution < 1.29 is 4.79 Å². The normalized spacial score (nSPS) is 17.3. The Bertz CT molecular complexity index is 493. The molecular weight excluding hydrogens is 262 g/mol. The molecule has 1 saturated heterocycles. The first-order chi connectivity index (χ1) is 10.1. The molecule has 0 spiro atoms.